The first-order valence-corrected chi connectivity index (χ1v) is 5.90. The van der Waals surface area contributed by atoms with Gasteiger partial charge in [0.05, 0.1) is 23.2 Å². The summed E-state index contributed by atoms with van der Waals surface area (Å²) in [6.07, 6.45) is 5.21. The summed E-state index contributed by atoms with van der Waals surface area (Å²) in [5.41, 5.74) is 7.89. The zero-order valence-electron chi connectivity index (χ0n) is 8.64. The van der Waals surface area contributed by atoms with Gasteiger partial charge in [0.15, 0.2) is 0 Å². The Morgan fingerprint density at radius 3 is 3.13 bits per heavy atom. The Morgan fingerprint density at radius 1 is 1.60 bits per heavy atom. The molecule has 0 saturated heterocycles. The maximum absolute atomic E-state index is 5.88. The van der Waals surface area contributed by atoms with Gasteiger partial charge in [0, 0.05) is 23.4 Å². The molecule has 2 heterocycles. The molecule has 0 aliphatic carbocycles. The van der Waals surface area contributed by atoms with Crippen molar-refractivity contribution < 1.29 is 4.42 Å². The van der Waals surface area contributed by atoms with Gasteiger partial charge in [0.1, 0.15) is 0 Å². The fourth-order valence-corrected chi connectivity index (χ4v) is 2.21. The van der Waals surface area contributed by atoms with E-state index in [-0.39, 0.29) is 6.04 Å². The molecule has 4 heteroatoms. The van der Waals surface area contributed by atoms with E-state index in [1.807, 2.05) is 11.4 Å². The van der Waals surface area contributed by atoms with Crippen molar-refractivity contribution in [3.8, 4) is 11.3 Å². The number of hydrogen-bond donors (Lipinski definition) is 1. The Bertz CT molecular complexity index is 408. The Hall–Kier alpha value is -1.13. The molecule has 0 amide bonds. The molecule has 80 valence electrons. The fraction of sp³-hybridized carbons (Fsp3) is 0.364. The van der Waals surface area contributed by atoms with Gasteiger partial charge in [-0.05, 0) is 12.5 Å². The van der Waals surface area contributed by atoms with Gasteiger partial charge in [-0.15, -0.1) is 11.3 Å². The van der Waals surface area contributed by atoms with E-state index >= 15 is 0 Å². The second-order valence-electron chi connectivity index (χ2n) is 3.51. The minimum atomic E-state index is 0.216. The lowest BCUT2D eigenvalue weighted by Gasteiger charge is -2.04. The maximum atomic E-state index is 5.88. The summed E-state index contributed by atoms with van der Waals surface area (Å²) in [5, 5.41) is 3.14. The Labute approximate surface area is 92.9 Å². The minimum absolute atomic E-state index is 0.216. The van der Waals surface area contributed by atoms with Crippen molar-refractivity contribution in [3.63, 3.8) is 0 Å². The third-order valence-electron chi connectivity index (χ3n) is 2.33. The van der Waals surface area contributed by atoms with Crippen LogP contribution in [0.5, 0.6) is 0 Å². The molecule has 0 aromatic carbocycles. The van der Waals surface area contributed by atoms with Crippen LogP contribution < -0.4 is 5.73 Å². The molecule has 1 atom stereocenters. The summed E-state index contributed by atoms with van der Waals surface area (Å²) >= 11 is 1.66. The zero-order valence-corrected chi connectivity index (χ0v) is 9.46. The van der Waals surface area contributed by atoms with Crippen molar-refractivity contribution in [1.29, 1.82) is 0 Å². The number of thiazole rings is 1. The van der Waals surface area contributed by atoms with Crippen molar-refractivity contribution >= 4 is 11.3 Å². The topological polar surface area (TPSA) is 52.0 Å². The first-order chi connectivity index (χ1) is 7.29. The number of hydrogen-bond acceptors (Lipinski definition) is 4. The first-order valence-electron chi connectivity index (χ1n) is 5.02. The molecule has 1 unspecified atom stereocenters. The van der Waals surface area contributed by atoms with E-state index in [2.05, 4.69) is 11.9 Å². The number of rotatable bonds is 4. The Balaban J connectivity index is 2.11. The highest BCUT2D eigenvalue weighted by molar-refractivity contribution is 7.09. The lowest BCUT2D eigenvalue weighted by molar-refractivity contribution is 0.568. The standard InChI is InChI=1S/C11H14N2OS/c1-2-9(12)5-11-13-10(7-15-11)8-3-4-14-6-8/h3-4,6-7,9H,2,5,12H2,1H3. The van der Waals surface area contributed by atoms with Crippen LogP contribution in [0, 0.1) is 0 Å². The van der Waals surface area contributed by atoms with Crippen LogP contribution in [0.3, 0.4) is 0 Å². The number of furan rings is 1. The van der Waals surface area contributed by atoms with Crippen LogP contribution in [0.2, 0.25) is 0 Å². The molecular weight excluding hydrogens is 208 g/mol. The van der Waals surface area contributed by atoms with Gasteiger partial charge in [-0.2, -0.15) is 0 Å². The molecule has 0 radical (unpaired) electrons. The predicted octanol–water partition coefficient (Wildman–Crippen LogP) is 2.68. The lowest BCUT2D eigenvalue weighted by Crippen LogP contribution is -2.21. The monoisotopic (exact) mass is 222 g/mol. The van der Waals surface area contributed by atoms with Crippen LogP contribution in [0.15, 0.2) is 28.4 Å². The molecule has 0 bridgehead atoms. The van der Waals surface area contributed by atoms with Gasteiger partial charge >= 0.3 is 0 Å². The first kappa shape index (κ1) is 10.4. The Kier molecular flexibility index (Phi) is 3.18. The number of nitrogens with zero attached hydrogens (tertiary/aromatic N) is 1. The highest BCUT2D eigenvalue weighted by Gasteiger charge is 2.08. The number of nitrogens with two attached hydrogens (primary N) is 1. The maximum Gasteiger partial charge on any atom is 0.0996 e. The summed E-state index contributed by atoms with van der Waals surface area (Å²) in [4.78, 5) is 4.52. The van der Waals surface area contributed by atoms with Gasteiger partial charge in [-0.3, -0.25) is 0 Å². The van der Waals surface area contributed by atoms with Crippen LogP contribution in [0.1, 0.15) is 18.4 Å². The van der Waals surface area contributed by atoms with Crippen molar-refractivity contribution in [2.24, 2.45) is 5.73 Å². The molecule has 0 aliphatic rings. The van der Waals surface area contributed by atoms with Crippen molar-refractivity contribution in [3.05, 3.63) is 29.0 Å². The highest BCUT2D eigenvalue weighted by Crippen LogP contribution is 2.22. The molecule has 2 rings (SSSR count). The lowest BCUT2D eigenvalue weighted by atomic mass is 10.2. The van der Waals surface area contributed by atoms with Gasteiger partial charge in [0.2, 0.25) is 0 Å². The van der Waals surface area contributed by atoms with Crippen molar-refractivity contribution in [2.45, 2.75) is 25.8 Å². The fourth-order valence-electron chi connectivity index (χ4n) is 1.32. The molecule has 0 aliphatic heterocycles. The smallest absolute Gasteiger partial charge is 0.0996 e. The van der Waals surface area contributed by atoms with Crippen molar-refractivity contribution in [1.82, 2.24) is 4.98 Å². The summed E-state index contributed by atoms with van der Waals surface area (Å²) in [6, 6.07) is 2.13. The highest BCUT2D eigenvalue weighted by atomic mass is 32.1. The van der Waals surface area contributed by atoms with Gasteiger partial charge < -0.3 is 10.2 Å². The largest absolute Gasteiger partial charge is 0.472 e. The van der Waals surface area contributed by atoms with Crippen LogP contribution in [-0.4, -0.2) is 11.0 Å². The molecule has 0 fully saturated rings. The molecule has 3 nitrogen and oxygen atoms in total. The summed E-state index contributed by atoms with van der Waals surface area (Å²) in [7, 11) is 0. The third-order valence-corrected chi connectivity index (χ3v) is 3.20. The quantitative estimate of drug-likeness (QED) is 0.865. The normalized spacial score (nSPS) is 12.9. The molecule has 2 aromatic heterocycles. The second-order valence-corrected chi connectivity index (χ2v) is 4.45. The van der Waals surface area contributed by atoms with Crippen LogP contribution >= 0.6 is 11.3 Å². The molecule has 15 heavy (non-hydrogen) atoms. The average molecular weight is 222 g/mol. The SMILES string of the molecule is CCC(N)Cc1nc(-c2ccoc2)cs1. The van der Waals surface area contributed by atoms with E-state index in [9.17, 15) is 0 Å². The van der Waals surface area contributed by atoms with Gasteiger partial charge in [0.25, 0.3) is 0 Å². The summed E-state index contributed by atoms with van der Waals surface area (Å²) in [5.74, 6) is 0. The van der Waals surface area contributed by atoms with Crippen LogP contribution in [-0.2, 0) is 6.42 Å². The molecule has 0 spiro atoms. The van der Waals surface area contributed by atoms with E-state index in [1.54, 1.807) is 23.9 Å². The van der Waals surface area contributed by atoms with E-state index in [0.717, 1.165) is 29.1 Å². The van der Waals surface area contributed by atoms with E-state index in [1.165, 1.54) is 0 Å². The molecule has 2 aromatic rings. The van der Waals surface area contributed by atoms with Crippen LogP contribution in [0.25, 0.3) is 11.3 Å². The van der Waals surface area contributed by atoms with Crippen LogP contribution in [0.4, 0.5) is 0 Å². The van der Waals surface area contributed by atoms with E-state index in [4.69, 9.17) is 10.2 Å². The summed E-state index contributed by atoms with van der Waals surface area (Å²) in [6.45, 7) is 2.09. The molecular formula is C11H14N2OS. The molecule has 2 N–H and O–H groups in total. The third kappa shape index (κ3) is 2.46. The van der Waals surface area contributed by atoms with Gasteiger partial charge in [-0.25, -0.2) is 4.98 Å². The summed E-state index contributed by atoms with van der Waals surface area (Å²) < 4.78 is 5.02. The zero-order chi connectivity index (χ0) is 10.7. The Morgan fingerprint density at radius 2 is 2.47 bits per heavy atom. The number of aromatic nitrogens is 1. The average Bonchev–Trinajstić information content (AvgIpc) is 2.85. The molecule has 0 saturated carbocycles. The predicted molar refractivity (Wildman–Crippen MR) is 61.8 cm³/mol. The van der Waals surface area contributed by atoms with Gasteiger partial charge in [-0.1, -0.05) is 6.92 Å². The van der Waals surface area contributed by atoms with E-state index in [0.29, 0.717) is 0 Å². The van der Waals surface area contributed by atoms with E-state index < -0.39 is 0 Å². The second kappa shape index (κ2) is 4.59. The minimum Gasteiger partial charge on any atom is -0.472 e. The van der Waals surface area contributed by atoms with Crippen molar-refractivity contribution in [2.75, 3.05) is 0 Å².